The number of likely N-dealkylation sites (N-methyl/N-ethyl adjacent to an activating group) is 1. The Morgan fingerprint density at radius 2 is 1.90 bits per heavy atom. The number of aromatic nitrogens is 1. The maximum atomic E-state index is 14.2. The van der Waals surface area contributed by atoms with Gasteiger partial charge in [0.05, 0.1) is 30.4 Å². The number of hydrogen-bond donors (Lipinski definition) is 3. The molecule has 0 fully saturated rings. The number of amides is 3. The van der Waals surface area contributed by atoms with Gasteiger partial charge in [-0.05, 0) is 89.9 Å². The number of aliphatic hydroxyl groups is 1. The van der Waals surface area contributed by atoms with Crippen molar-refractivity contribution >= 4 is 17.6 Å². The fourth-order valence-electron chi connectivity index (χ4n) is 5.06. The molecule has 2 aromatic rings. The van der Waals surface area contributed by atoms with Crippen molar-refractivity contribution in [3.05, 3.63) is 53.9 Å². The molecule has 3 N–H and O–H groups in total. The number of carbonyl (C=O) groups is 2. The van der Waals surface area contributed by atoms with Crippen LogP contribution >= 0.6 is 0 Å². The summed E-state index contributed by atoms with van der Waals surface area (Å²) in [6.07, 6.45) is 6.00. The molecule has 0 bridgehead atoms. The van der Waals surface area contributed by atoms with Crippen LogP contribution in [0.1, 0.15) is 69.8 Å². The number of carbonyl (C=O) groups excluding carboxylic acids is 2. The van der Waals surface area contributed by atoms with Crippen molar-refractivity contribution in [1.82, 2.24) is 20.1 Å². The first-order chi connectivity index (χ1) is 20.1. The molecule has 42 heavy (non-hydrogen) atoms. The summed E-state index contributed by atoms with van der Waals surface area (Å²) in [7, 11) is 2.07. The molecule has 0 saturated heterocycles. The number of urea groups is 1. The Kier molecular flexibility index (Phi) is 13.0. The predicted octanol–water partition coefficient (Wildman–Crippen LogP) is 4.54. The van der Waals surface area contributed by atoms with Crippen LogP contribution in [0, 0.1) is 5.92 Å². The van der Waals surface area contributed by atoms with E-state index in [0.29, 0.717) is 36.7 Å². The van der Waals surface area contributed by atoms with E-state index in [0.717, 1.165) is 25.8 Å². The van der Waals surface area contributed by atoms with Gasteiger partial charge in [0.25, 0.3) is 5.91 Å². The molecule has 3 rings (SSSR count). The summed E-state index contributed by atoms with van der Waals surface area (Å²) in [5.41, 5.74) is 2.01. The lowest BCUT2D eigenvalue weighted by atomic mass is 10.0. The van der Waals surface area contributed by atoms with Gasteiger partial charge in [-0.3, -0.25) is 14.7 Å². The van der Waals surface area contributed by atoms with Crippen molar-refractivity contribution in [3.63, 3.8) is 0 Å². The maximum absolute atomic E-state index is 14.2. The molecule has 0 spiro atoms. The smallest absolute Gasteiger partial charge is 0.319 e. The fourth-order valence-corrected chi connectivity index (χ4v) is 5.06. The SMILES string of the molecule is CC(C)NC(=O)Nc1ccc2c(c1)C(=O)N([C@H](C)CO)C[C@H](C)[C@H](CN(C)Cc1ccncc1)OCCCC[C@@H](C)O2. The average molecular weight is 584 g/mol. The molecule has 0 saturated carbocycles. The molecule has 0 aliphatic carbocycles. The highest BCUT2D eigenvalue weighted by Crippen LogP contribution is 2.28. The van der Waals surface area contributed by atoms with Crippen LogP contribution in [0.2, 0.25) is 0 Å². The van der Waals surface area contributed by atoms with E-state index in [1.165, 1.54) is 5.56 Å². The van der Waals surface area contributed by atoms with Crippen molar-refractivity contribution in [2.75, 3.05) is 38.7 Å². The minimum atomic E-state index is -0.436. The van der Waals surface area contributed by atoms with Crippen LogP contribution in [-0.4, -0.2) is 89.5 Å². The largest absolute Gasteiger partial charge is 0.490 e. The Morgan fingerprint density at radius 1 is 1.17 bits per heavy atom. The normalized spacial score (nSPS) is 21.3. The molecule has 1 aromatic carbocycles. The van der Waals surface area contributed by atoms with Crippen molar-refractivity contribution in [2.24, 2.45) is 5.92 Å². The molecule has 1 aromatic heterocycles. The van der Waals surface area contributed by atoms with Gasteiger partial charge >= 0.3 is 6.03 Å². The van der Waals surface area contributed by atoms with E-state index >= 15 is 0 Å². The number of ether oxygens (including phenoxy) is 2. The van der Waals surface area contributed by atoms with Crippen molar-refractivity contribution in [1.29, 1.82) is 0 Å². The molecular formula is C32H49N5O5. The van der Waals surface area contributed by atoms with Crippen molar-refractivity contribution < 1.29 is 24.2 Å². The Bertz CT molecular complexity index is 1130. The lowest BCUT2D eigenvalue weighted by Crippen LogP contribution is -2.47. The minimum Gasteiger partial charge on any atom is -0.490 e. The van der Waals surface area contributed by atoms with Gasteiger partial charge in [-0.15, -0.1) is 0 Å². The van der Waals surface area contributed by atoms with Gasteiger partial charge in [-0.2, -0.15) is 0 Å². The van der Waals surface area contributed by atoms with Gasteiger partial charge in [-0.25, -0.2) is 4.79 Å². The van der Waals surface area contributed by atoms with Crippen LogP contribution in [0.4, 0.5) is 10.5 Å². The van der Waals surface area contributed by atoms with E-state index in [4.69, 9.17) is 9.47 Å². The monoisotopic (exact) mass is 583 g/mol. The van der Waals surface area contributed by atoms with Crippen molar-refractivity contribution in [3.8, 4) is 5.75 Å². The number of pyridine rings is 1. The zero-order valence-electron chi connectivity index (χ0n) is 26.0. The quantitative estimate of drug-likeness (QED) is 0.418. The van der Waals surface area contributed by atoms with Crippen LogP contribution in [0.5, 0.6) is 5.75 Å². The van der Waals surface area contributed by atoms with E-state index in [9.17, 15) is 14.7 Å². The zero-order valence-corrected chi connectivity index (χ0v) is 26.0. The molecule has 0 radical (unpaired) electrons. The first kappa shape index (κ1) is 33.3. The molecule has 10 nitrogen and oxygen atoms in total. The van der Waals surface area contributed by atoms with Crippen LogP contribution in [0.3, 0.4) is 0 Å². The van der Waals surface area contributed by atoms with E-state index in [2.05, 4.69) is 34.5 Å². The molecule has 0 unspecified atom stereocenters. The summed E-state index contributed by atoms with van der Waals surface area (Å²) in [4.78, 5) is 34.6. The van der Waals surface area contributed by atoms with Gasteiger partial charge in [-0.1, -0.05) is 6.92 Å². The Hall–Kier alpha value is -3.21. The van der Waals surface area contributed by atoms with E-state index in [1.807, 2.05) is 39.8 Å². The summed E-state index contributed by atoms with van der Waals surface area (Å²) in [6.45, 7) is 11.9. The summed E-state index contributed by atoms with van der Waals surface area (Å²) in [5.74, 6) is 0.179. The lowest BCUT2D eigenvalue weighted by molar-refractivity contribution is -0.0177. The van der Waals surface area contributed by atoms with Crippen LogP contribution in [-0.2, 0) is 11.3 Å². The topological polar surface area (TPSA) is 116 Å². The van der Waals surface area contributed by atoms with E-state index in [1.54, 1.807) is 35.5 Å². The zero-order chi connectivity index (χ0) is 30.6. The summed E-state index contributed by atoms with van der Waals surface area (Å²) in [6, 6.07) is 8.34. The van der Waals surface area contributed by atoms with Gasteiger partial charge in [0, 0.05) is 56.3 Å². The number of benzene rings is 1. The number of rotatable bonds is 8. The number of aliphatic hydroxyl groups excluding tert-OH is 1. The molecule has 1 aliphatic heterocycles. The number of nitrogens with zero attached hydrogens (tertiary/aromatic N) is 3. The first-order valence-corrected chi connectivity index (χ1v) is 15.1. The number of anilines is 1. The fraction of sp³-hybridized carbons (Fsp3) is 0.594. The maximum Gasteiger partial charge on any atom is 0.319 e. The standard InChI is InChI=1S/C32H49N5O5/c1-22(2)34-32(40)35-27-10-11-29-28(17-27)31(39)37(24(4)21-38)18-23(3)30(41-16-8-7-9-25(5)42-29)20-36(6)19-26-12-14-33-15-13-26/h10-15,17,22-25,30,38H,7-9,16,18-21H2,1-6H3,(H2,34,35,40)/t23-,24+,25+,30-/m0/s1. The lowest BCUT2D eigenvalue weighted by Gasteiger charge is -2.36. The van der Waals surface area contributed by atoms with Crippen molar-refractivity contribution in [2.45, 2.75) is 84.7 Å². The van der Waals surface area contributed by atoms with Gasteiger partial charge < -0.3 is 30.1 Å². The predicted molar refractivity (Wildman–Crippen MR) is 165 cm³/mol. The minimum absolute atomic E-state index is 0.0211. The Balaban J connectivity index is 1.90. The molecule has 2 heterocycles. The molecule has 4 atom stereocenters. The number of hydrogen-bond acceptors (Lipinski definition) is 7. The summed E-state index contributed by atoms with van der Waals surface area (Å²) < 4.78 is 12.7. The third-order valence-corrected chi connectivity index (χ3v) is 7.42. The van der Waals surface area contributed by atoms with Gasteiger partial charge in [0.2, 0.25) is 0 Å². The Labute approximate surface area is 250 Å². The highest BCUT2D eigenvalue weighted by Gasteiger charge is 2.30. The second kappa shape index (κ2) is 16.4. The van der Waals surface area contributed by atoms with E-state index in [-0.39, 0.29) is 42.7 Å². The molecule has 10 heteroatoms. The van der Waals surface area contributed by atoms with Gasteiger partial charge in [0.15, 0.2) is 0 Å². The van der Waals surface area contributed by atoms with E-state index < -0.39 is 6.04 Å². The average Bonchev–Trinajstić information content (AvgIpc) is 2.94. The van der Waals surface area contributed by atoms with Gasteiger partial charge in [0.1, 0.15) is 5.75 Å². The number of fused-ring (bicyclic) bond motifs is 1. The molecule has 1 aliphatic rings. The third kappa shape index (κ3) is 10.3. The molecule has 232 valence electrons. The van der Waals surface area contributed by atoms with Crippen LogP contribution < -0.4 is 15.4 Å². The second-order valence-corrected chi connectivity index (χ2v) is 11.8. The molecule has 3 amide bonds. The highest BCUT2D eigenvalue weighted by atomic mass is 16.5. The third-order valence-electron chi connectivity index (χ3n) is 7.42. The summed E-state index contributed by atoms with van der Waals surface area (Å²) >= 11 is 0. The summed E-state index contributed by atoms with van der Waals surface area (Å²) in [5, 5.41) is 15.8. The van der Waals surface area contributed by atoms with Crippen LogP contribution in [0.15, 0.2) is 42.7 Å². The highest BCUT2D eigenvalue weighted by molar-refractivity contribution is 5.99. The second-order valence-electron chi connectivity index (χ2n) is 11.8. The first-order valence-electron chi connectivity index (χ1n) is 15.1. The number of nitrogens with one attached hydrogen (secondary N) is 2. The Morgan fingerprint density at radius 3 is 2.60 bits per heavy atom. The van der Waals surface area contributed by atoms with Crippen LogP contribution in [0.25, 0.3) is 0 Å². The molecular weight excluding hydrogens is 534 g/mol.